The van der Waals surface area contributed by atoms with Crippen LogP contribution in [0.5, 0.6) is 11.5 Å². The number of H-pyrrole nitrogens is 1. The minimum absolute atomic E-state index is 0.0247. The molecule has 65 heavy (non-hydrogen) atoms. The molecule has 4 aromatic heterocycles. The third-order valence-corrected chi connectivity index (χ3v) is 12.3. The number of hydrogen-bond donors (Lipinski definition) is 1. The molecular weight excluding hydrogens is 948 g/mol. The molecule has 2 aliphatic heterocycles. The number of methoxy groups -OCH3 is 2. The zero-order valence-corrected chi connectivity index (χ0v) is 39.6. The third kappa shape index (κ3) is 11.9. The first-order chi connectivity index (χ1) is 31.2. The number of halogens is 7. The smallest absolute Gasteiger partial charge is 0.244 e. The van der Waals surface area contributed by atoms with E-state index in [4.69, 9.17) is 67.5 Å². The highest BCUT2D eigenvalue weighted by Crippen LogP contribution is 2.35. The quantitative estimate of drug-likeness (QED) is 0.140. The lowest BCUT2D eigenvalue weighted by molar-refractivity contribution is -0.132. The summed E-state index contributed by atoms with van der Waals surface area (Å²) in [7, 11) is 2.97. The van der Waals surface area contributed by atoms with Gasteiger partial charge in [-0.2, -0.15) is 10.2 Å². The van der Waals surface area contributed by atoms with E-state index in [1.165, 1.54) is 26.4 Å². The Morgan fingerprint density at radius 3 is 1.57 bits per heavy atom. The minimum atomic E-state index is -0.417. The Bertz CT molecular complexity index is 2570. The Morgan fingerprint density at radius 1 is 0.677 bits per heavy atom. The monoisotopic (exact) mass is 990 g/mol. The van der Waals surface area contributed by atoms with Gasteiger partial charge in [0.05, 0.1) is 68.5 Å². The molecule has 2 aliphatic rings. The molecule has 0 saturated carbocycles. The zero-order valence-electron chi connectivity index (χ0n) is 35.8. The SMILES string of the molecule is COc1cc(N2CCN(C(=O)CCl)CC2)c(F)cc1Cl.COc1cc(N2CCN(C(=O)Cn3nc(-c4ccccn4)c(Cl)c3C)CC2)c(F)cc1Cl.Cc1[nH]nc(-c2ccccn2)c1Cl. The Hall–Kier alpha value is -5.39. The first-order valence-electron chi connectivity index (χ1n) is 20.2. The van der Waals surface area contributed by atoms with Crippen LogP contribution in [-0.2, 0) is 16.1 Å². The van der Waals surface area contributed by atoms with Crippen LogP contribution >= 0.6 is 58.0 Å². The topological polar surface area (TPSA) is 138 Å². The average molecular weight is 993 g/mol. The molecule has 2 amide bonds. The Balaban J connectivity index is 0.000000180. The molecule has 2 saturated heterocycles. The Kier molecular flexibility index (Phi) is 17.1. The van der Waals surface area contributed by atoms with Gasteiger partial charge in [0.1, 0.15) is 46.9 Å². The summed E-state index contributed by atoms with van der Waals surface area (Å²) in [6, 6.07) is 16.8. The molecule has 0 atom stereocenters. The van der Waals surface area contributed by atoms with E-state index in [1.54, 1.807) is 39.0 Å². The number of anilines is 2. The second-order valence-electron chi connectivity index (χ2n) is 14.6. The lowest BCUT2D eigenvalue weighted by Gasteiger charge is -2.36. The second-order valence-corrected chi connectivity index (χ2v) is 16.4. The number of aromatic nitrogens is 6. The van der Waals surface area contributed by atoms with Gasteiger partial charge in [-0.05, 0) is 50.2 Å². The molecule has 0 radical (unpaired) electrons. The highest BCUT2D eigenvalue weighted by atomic mass is 35.5. The van der Waals surface area contributed by atoms with E-state index < -0.39 is 11.6 Å². The lowest BCUT2D eigenvalue weighted by Crippen LogP contribution is -2.50. The molecule has 6 aromatic rings. The van der Waals surface area contributed by atoms with Gasteiger partial charge in [0.2, 0.25) is 11.8 Å². The van der Waals surface area contributed by atoms with Crippen molar-refractivity contribution < 1.29 is 27.8 Å². The summed E-state index contributed by atoms with van der Waals surface area (Å²) in [6.07, 6.45) is 3.39. The predicted octanol–water partition coefficient (Wildman–Crippen LogP) is 8.87. The van der Waals surface area contributed by atoms with E-state index in [1.807, 2.05) is 60.0 Å². The maximum Gasteiger partial charge on any atom is 0.244 e. The van der Waals surface area contributed by atoms with Crippen LogP contribution in [0.2, 0.25) is 20.1 Å². The van der Waals surface area contributed by atoms with Gasteiger partial charge in [-0.25, -0.2) is 8.78 Å². The van der Waals surface area contributed by atoms with Crippen LogP contribution in [0.15, 0.2) is 73.1 Å². The van der Waals surface area contributed by atoms with Gasteiger partial charge in [-0.3, -0.25) is 29.3 Å². The van der Waals surface area contributed by atoms with Crippen molar-refractivity contribution in [3.05, 3.63) is 116 Å². The van der Waals surface area contributed by atoms with E-state index in [0.29, 0.717) is 108 Å². The van der Waals surface area contributed by atoms with Crippen molar-refractivity contribution in [2.24, 2.45) is 0 Å². The third-order valence-electron chi connectivity index (χ3n) is 10.6. The molecule has 1 N–H and O–H groups in total. The standard InChI is InChI=1S/C22H22Cl2FN5O2.C13H15Cl2FN2O2.C9H8ClN3/c1-14-21(24)22(17-5-3-4-6-26-17)27-30(14)13-20(31)29-9-7-28(8-10-29)18-12-19(32-2)15(23)11-16(18)25;1-20-12-7-11(10(16)6-9(12)15)17-2-4-18(5-3-17)13(19)8-14;1-6-8(10)9(13-12-6)7-4-2-3-5-11-7/h3-6,11-12H,7-10,13H2,1-2H3;6-7H,2-5,8H2,1H3;2-5H,1H3,(H,12,13). The van der Waals surface area contributed by atoms with Crippen LogP contribution in [0.1, 0.15) is 11.4 Å². The fraction of sp³-hybridized carbons (Fsp3) is 0.318. The Labute approximate surface area is 399 Å². The number of rotatable bonds is 9. The lowest BCUT2D eigenvalue weighted by atomic mass is 10.2. The predicted molar refractivity (Wildman–Crippen MR) is 251 cm³/mol. The van der Waals surface area contributed by atoms with Crippen LogP contribution in [0.4, 0.5) is 20.2 Å². The molecule has 6 heterocycles. The van der Waals surface area contributed by atoms with Gasteiger partial charge in [-0.1, -0.05) is 58.5 Å². The second kappa shape index (κ2) is 22.7. The van der Waals surface area contributed by atoms with Crippen molar-refractivity contribution in [3.8, 4) is 34.3 Å². The largest absolute Gasteiger partial charge is 0.495 e. The number of nitrogens with one attached hydrogen (secondary N) is 1. The first kappa shape index (κ1) is 49.1. The van der Waals surface area contributed by atoms with Gasteiger partial charge < -0.3 is 29.1 Å². The summed E-state index contributed by atoms with van der Waals surface area (Å²) in [5.74, 6) is -0.163. The molecule has 0 aliphatic carbocycles. The molecule has 8 rings (SSSR count). The molecule has 14 nitrogen and oxygen atoms in total. The van der Waals surface area contributed by atoms with Crippen molar-refractivity contribution in [3.63, 3.8) is 0 Å². The normalized spacial score (nSPS) is 13.7. The van der Waals surface area contributed by atoms with Gasteiger partial charge >= 0.3 is 0 Å². The summed E-state index contributed by atoms with van der Waals surface area (Å²) in [5, 5.41) is 13.0. The number of benzene rings is 2. The number of hydrogen-bond acceptors (Lipinski definition) is 10. The maximum atomic E-state index is 14.4. The summed E-state index contributed by atoms with van der Waals surface area (Å²) in [5.41, 5.74) is 5.11. The molecule has 344 valence electrons. The van der Waals surface area contributed by atoms with Gasteiger partial charge in [0.25, 0.3) is 0 Å². The molecule has 2 aromatic carbocycles. The summed E-state index contributed by atoms with van der Waals surface area (Å²) >= 11 is 29.8. The van der Waals surface area contributed by atoms with Crippen LogP contribution in [-0.4, -0.2) is 124 Å². The van der Waals surface area contributed by atoms with E-state index in [2.05, 4.69) is 25.3 Å². The minimum Gasteiger partial charge on any atom is -0.495 e. The van der Waals surface area contributed by atoms with E-state index >= 15 is 0 Å². The van der Waals surface area contributed by atoms with Crippen LogP contribution in [0.25, 0.3) is 22.8 Å². The van der Waals surface area contributed by atoms with Gasteiger partial charge in [0, 0.05) is 76.9 Å². The number of aromatic amines is 1. The number of carbonyl (C=O) groups is 2. The average Bonchev–Trinajstić information content (AvgIpc) is 3.81. The number of alkyl halides is 1. The number of ether oxygens (including phenoxy) is 2. The fourth-order valence-corrected chi connectivity index (χ4v) is 8.01. The highest BCUT2D eigenvalue weighted by molar-refractivity contribution is 6.34. The fourth-order valence-electron chi connectivity index (χ4n) is 6.97. The van der Waals surface area contributed by atoms with Gasteiger partial charge in [0.15, 0.2) is 0 Å². The van der Waals surface area contributed by atoms with Crippen molar-refractivity contribution in [2.45, 2.75) is 20.4 Å². The van der Waals surface area contributed by atoms with Crippen molar-refractivity contribution in [1.29, 1.82) is 0 Å². The zero-order chi connectivity index (χ0) is 46.8. The summed E-state index contributed by atoms with van der Waals surface area (Å²) < 4.78 is 40.3. The summed E-state index contributed by atoms with van der Waals surface area (Å²) in [4.78, 5) is 40.0. The number of piperazine rings is 2. The number of pyridine rings is 2. The van der Waals surface area contributed by atoms with E-state index in [-0.39, 0.29) is 34.3 Å². The van der Waals surface area contributed by atoms with Crippen LogP contribution < -0.4 is 19.3 Å². The van der Waals surface area contributed by atoms with Crippen molar-refractivity contribution in [1.82, 2.24) is 39.7 Å². The maximum absolute atomic E-state index is 14.4. The molecule has 0 unspecified atom stereocenters. The molecule has 2 fully saturated rings. The van der Waals surface area contributed by atoms with Crippen LogP contribution in [0.3, 0.4) is 0 Å². The van der Waals surface area contributed by atoms with E-state index in [0.717, 1.165) is 11.4 Å². The molecule has 21 heteroatoms. The number of amides is 2. The highest BCUT2D eigenvalue weighted by Gasteiger charge is 2.27. The van der Waals surface area contributed by atoms with Gasteiger partial charge in [-0.15, -0.1) is 11.6 Å². The number of nitrogens with zero attached hydrogens (tertiary/aromatic N) is 9. The molecule has 0 spiro atoms. The van der Waals surface area contributed by atoms with Crippen molar-refractivity contribution >= 4 is 81.2 Å². The molecular formula is C44H45Cl5F2N10O4. The van der Waals surface area contributed by atoms with Crippen molar-refractivity contribution in [2.75, 3.05) is 82.3 Å². The number of aryl methyl sites for hydroxylation is 1. The molecule has 0 bridgehead atoms. The number of carbonyl (C=O) groups excluding carboxylic acids is 2. The van der Waals surface area contributed by atoms with E-state index in [9.17, 15) is 18.4 Å². The van der Waals surface area contributed by atoms with Crippen LogP contribution in [0, 0.1) is 25.5 Å². The first-order valence-corrected chi connectivity index (χ1v) is 22.2. The summed E-state index contributed by atoms with van der Waals surface area (Å²) in [6.45, 7) is 7.82. The Morgan fingerprint density at radius 2 is 1.15 bits per heavy atom.